The molecule has 100 valence electrons. The first kappa shape index (κ1) is 13.3. The van der Waals surface area contributed by atoms with Crippen molar-refractivity contribution in [2.45, 2.75) is 27.7 Å². The molecular formula is C15H18N2O2. The van der Waals surface area contributed by atoms with E-state index in [1.54, 1.807) is 13.0 Å². The predicted octanol–water partition coefficient (Wildman–Crippen LogP) is 3.18. The number of aromatic nitrogens is 2. The number of nitrogens with zero attached hydrogens (tertiary/aromatic N) is 1. The zero-order valence-corrected chi connectivity index (χ0v) is 11.7. The smallest absolute Gasteiger partial charge is 0.356 e. The normalized spacial score (nSPS) is 10.5. The molecule has 0 radical (unpaired) electrons. The van der Waals surface area contributed by atoms with Crippen LogP contribution in [0.1, 0.15) is 34.1 Å². The summed E-state index contributed by atoms with van der Waals surface area (Å²) in [7, 11) is 0. The number of aromatic amines is 1. The van der Waals surface area contributed by atoms with Gasteiger partial charge in [0.2, 0.25) is 0 Å². The number of H-pyrrole nitrogens is 1. The van der Waals surface area contributed by atoms with Gasteiger partial charge in [0.25, 0.3) is 0 Å². The lowest BCUT2D eigenvalue weighted by atomic mass is 9.97. The van der Waals surface area contributed by atoms with E-state index in [-0.39, 0.29) is 5.97 Å². The van der Waals surface area contributed by atoms with E-state index in [0.717, 1.165) is 22.4 Å². The highest BCUT2D eigenvalue weighted by Crippen LogP contribution is 2.27. The highest BCUT2D eigenvalue weighted by atomic mass is 16.5. The molecule has 0 fully saturated rings. The molecular weight excluding hydrogens is 240 g/mol. The molecule has 1 aromatic carbocycles. The van der Waals surface area contributed by atoms with Gasteiger partial charge in [-0.1, -0.05) is 17.7 Å². The molecule has 2 rings (SSSR count). The highest BCUT2D eigenvalue weighted by molar-refractivity contribution is 5.89. The van der Waals surface area contributed by atoms with E-state index < -0.39 is 0 Å². The van der Waals surface area contributed by atoms with E-state index in [1.165, 1.54) is 5.56 Å². The van der Waals surface area contributed by atoms with Gasteiger partial charge in [-0.05, 0) is 44.9 Å². The SMILES string of the molecule is CCOC(=O)c1cc(-c2c(C)cc(C)cc2C)n[nH]1. The quantitative estimate of drug-likeness (QED) is 0.860. The zero-order valence-electron chi connectivity index (χ0n) is 11.7. The van der Waals surface area contributed by atoms with Crippen LogP contribution in [0.4, 0.5) is 0 Å². The van der Waals surface area contributed by atoms with Gasteiger partial charge in [0.15, 0.2) is 0 Å². The summed E-state index contributed by atoms with van der Waals surface area (Å²) < 4.78 is 4.95. The molecule has 0 aliphatic carbocycles. The molecule has 0 amide bonds. The summed E-state index contributed by atoms with van der Waals surface area (Å²) >= 11 is 0. The fourth-order valence-electron chi connectivity index (χ4n) is 2.35. The van der Waals surface area contributed by atoms with Crippen LogP contribution >= 0.6 is 0 Å². The Labute approximate surface area is 112 Å². The number of ether oxygens (including phenoxy) is 1. The van der Waals surface area contributed by atoms with Crippen LogP contribution in [0.25, 0.3) is 11.3 Å². The van der Waals surface area contributed by atoms with E-state index >= 15 is 0 Å². The lowest BCUT2D eigenvalue weighted by molar-refractivity contribution is 0.0519. The van der Waals surface area contributed by atoms with Gasteiger partial charge < -0.3 is 4.74 Å². The van der Waals surface area contributed by atoms with Crippen molar-refractivity contribution in [2.75, 3.05) is 6.61 Å². The average molecular weight is 258 g/mol. The van der Waals surface area contributed by atoms with E-state index in [9.17, 15) is 4.79 Å². The first-order valence-electron chi connectivity index (χ1n) is 6.33. The van der Waals surface area contributed by atoms with Crippen LogP contribution in [0.2, 0.25) is 0 Å². The third-order valence-corrected chi connectivity index (χ3v) is 3.01. The molecule has 1 N–H and O–H groups in total. The van der Waals surface area contributed by atoms with Gasteiger partial charge in [-0.3, -0.25) is 5.10 Å². The minimum absolute atomic E-state index is 0.357. The minimum atomic E-state index is -0.372. The average Bonchev–Trinajstić information content (AvgIpc) is 2.77. The Kier molecular flexibility index (Phi) is 3.69. The number of hydrogen-bond acceptors (Lipinski definition) is 3. The summed E-state index contributed by atoms with van der Waals surface area (Å²) in [6.07, 6.45) is 0. The van der Waals surface area contributed by atoms with Gasteiger partial charge in [-0.15, -0.1) is 0 Å². The molecule has 0 aliphatic rings. The van der Waals surface area contributed by atoms with Crippen molar-refractivity contribution < 1.29 is 9.53 Å². The first-order chi connectivity index (χ1) is 9.02. The Morgan fingerprint density at radius 2 is 1.84 bits per heavy atom. The van der Waals surface area contributed by atoms with E-state index in [2.05, 4.69) is 29.3 Å². The minimum Gasteiger partial charge on any atom is -0.461 e. The van der Waals surface area contributed by atoms with Crippen molar-refractivity contribution in [3.05, 3.63) is 40.6 Å². The van der Waals surface area contributed by atoms with Gasteiger partial charge in [-0.2, -0.15) is 5.10 Å². The maximum atomic E-state index is 11.6. The van der Waals surface area contributed by atoms with Gasteiger partial charge in [0.05, 0.1) is 12.3 Å². The van der Waals surface area contributed by atoms with Gasteiger partial charge in [0, 0.05) is 5.56 Å². The number of carbonyl (C=O) groups is 1. The molecule has 0 aliphatic heterocycles. The summed E-state index contributed by atoms with van der Waals surface area (Å²) in [4.78, 5) is 11.6. The highest BCUT2D eigenvalue weighted by Gasteiger charge is 2.14. The van der Waals surface area contributed by atoms with Crippen LogP contribution in [0.15, 0.2) is 18.2 Å². The topological polar surface area (TPSA) is 55.0 Å². The number of esters is 1. The van der Waals surface area contributed by atoms with Crippen molar-refractivity contribution in [1.29, 1.82) is 0 Å². The zero-order chi connectivity index (χ0) is 14.0. The second-order valence-corrected chi connectivity index (χ2v) is 4.66. The number of aryl methyl sites for hydroxylation is 3. The van der Waals surface area contributed by atoms with Gasteiger partial charge >= 0.3 is 5.97 Å². The van der Waals surface area contributed by atoms with Crippen LogP contribution in [-0.2, 0) is 4.74 Å². The Morgan fingerprint density at radius 3 is 2.42 bits per heavy atom. The Balaban J connectivity index is 2.41. The predicted molar refractivity (Wildman–Crippen MR) is 74.2 cm³/mol. The first-order valence-corrected chi connectivity index (χ1v) is 6.33. The largest absolute Gasteiger partial charge is 0.461 e. The lowest BCUT2D eigenvalue weighted by Crippen LogP contribution is -2.04. The van der Waals surface area contributed by atoms with Crippen molar-refractivity contribution >= 4 is 5.97 Å². The fraction of sp³-hybridized carbons (Fsp3) is 0.333. The van der Waals surface area contributed by atoms with Crippen LogP contribution < -0.4 is 0 Å². The Bertz CT molecular complexity index is 591. The van der Waals surface area contributed by atoms with Crippen molar-refractivity contribution in [3.63, 3.8) is 0 Å². The molecule has 0 spiro atoms. The monoisotopic (exact) mass is 258 g/mol. The molecule has 2 aromatic rings. The van der Waals surface area contributed by atoms with E-state index in [1.807, 2.05) is 13.8 Å². The fourth-order valence-corrected chi connectivity index (χ4v) is 2.35. The Hall–Kier alpha value is -2.10. The molecule has 0 atom stereocenters. The number of rotatable bonds is 3. The molecule has 19 heavy (non-hydrogen) atoms. The van der Waals surface area contributed by atoms with Crippen molar-refractivity contribution in [2.24, 2.45) is 0 Å². The third-order valence-electron chi connectivity index (χ3n) is 3.01. The van der Waals surface area contributed by atoms with E-state index in [0.29, 0.717) is 12.3 Å². The van der Waals surface area contributed by atoms with Crippen LogP contribution in [-0.4, -0.2) is 22.8 Å². The van der Waals surface area contributed by atoms with Crippen LogP contribution in [0, 0.1) is 20.8 Å². The summed E-state index contributed by atoms with van der Waals surface area (Å²) in [5.74, 6) is -0.372. The number of benzene rings is 1. The summed E-state index contributed by atoms with van der Waals surface area (Å²) in [5.41, 5.74) is 5.75. The number of carbonyl (C=O) groups excluding carboxylic acids is 1. The molecule has 0 saturated heterocycles. The molecule has 4 heteroatoms. The van der Waals surface area contributed by atoms with Gasteiger partial charge in [0.1, 0.15) is 5.69 Å². The molecule has 0 unspecified atom stereocenters. The number of hydrogen-bond donors (Lipinski definition) is 1. The standard InChI is InChI=1S/C15H18N2O2/c1-5-19-15(18)13-8-12(16-17-13)14-10(3)6-9(2)7-11(14)4/h6-8H,5H2,1-4H3,(H,16,17). The van der Waals surface area contributed by atoms with Crippen LogP contribution in [0.5, 0.6) is 0 Å². The Morgan fingerprint density at radius 1 is 1.21 bits per heavy atom. The van der Waals surface area contributed by atoms with Crippen molar-refractivity contribution in [3.8, 4) is 11.3 Å². The molecule has 1 aromatic heterocycles. The summed E-state index contributed by atoms with van der Waals surface area (Å²) in [6, 6.07) is 5.96. The maximum absolute atomic E-state index is 11.6. The maximum Gasteiger partial charge on any atom is 0.356 e. The van der Waals surface area contributed by atoms with E-state index in [4.69, 9.17) is 4.74 Å². The second kappa shape index (κ2) is 5.26. The van der Waals surface area contributed by atoms with Gasteiger partial charge in [-0.25, -0.2) is 4.79 Å². The third kappa shape index (κ3) is 2.67. The summed E-state index contributed by atoms with van der Waals surface area (Å²) in [5, 5.41) is 6.95. The second-order valence-electron chi connectivity index (χ2n) is 4.66. The lowest BCUT2D eigenvalue weighted by Gasteiger charge is -2.08. The van der Waals surface area contributed by atoms with Crippen molar-refractivity contribution in [1.82, 2.24) is 10.2 Å². The van der Waals surface area contributed by atoms with Crippen LogP contribution in [0.3, 0.4) is 0 Å². The molecule has 0 saturated carbocycles. The molecule has 0 bridgehead atoms. The number of nitrogens with one attached hydrogen (secondary N) is 1. The molecule has 1 heterocycles. The summed E-state index contributed by atoms with van der Waals surface area (Å²) in [6.45, 7) is 8.31. The molecule has 4 nitrogen and oxygen atoms in total.